The Kier molecular flexibility index (Phi) is 3.70. The van der Waals surface area contributed by atoms with E-state index in [1.54, 1.807) is 0 Å². The van der Waals surface area contributed by atoms with Crippen LogP contribution in [0.5, 0.6) is 0 Å². The van der Waals surface area contributed by atoms with Crippen LogP contribution in [0.4, 0.5) is 0 Å². The lowest BCUT2D eigenvalue weighted by atomic mass is 10.00. The van der Waals surface area contributed by atoms with Gasteiger partial charge in [-0.05, 0) is 38.9 Å². The fourth-order valence-electron chi connectivity index (χ4n) is 1.59. The smallest absolute Gasteiger partial charge is 0.267 e. The third-order valence-corrected chi connectivity index (χ3v) is 3.92. The topological polar surface area (TPSA) is 46.6 Å². The van der Waals surface area contributed by atoms with E-state index in [1.807, 2.05) is 0 Å². The van der Waals surface area contributed by atoms with Gasteiger partial charge in [-0.15, -0.1) is 0 Å². The molecule has 78 valence electrons. The van der Waals surface area contributed by atoms with Crippen LogP contribution in [0.15, 0.2) is 0 Å². The van der Waals surface area contributed by atoms with Gasteiger partial charge in [0.25, 0.3) is 10.1 Å². The molecule has 0 radical (unpaired) electrons. The third kappa shape index (κ3) is 3.62. The quantitative estimate of drug-likeness (QED) is 0.625. The standard InChI is InChI=1S/C8H17NO3S/c1-9-5-3-8(4-6-9)7-13(10,11)12-2/h8H,3-7H2,1-2H3. The van der Waals surface area contributed by atoms with Crippen molar-refractivity contribution in [2.24, 2.45) is 5.92 Å². The molecule has 4 nitrogen and oxygen atoms in total. The van der Waals surface area contributed by atoms with Gasteiger partial charge in [-0.3, -0.25) is 4.18 Å². The van der Waals surface area contributed by atoms with E-state index in [0.717, 1.165) is 25.9 Å². The number of hydrogen-bond donors (Lipinski definition) is 0. The molecular formula is C8H17NO3S. The number of rotatable bonds is 3. The summed E-state index contributed by atoms with van der Waals surface area (Å²) in [6.07, 6.45) is 1.91. The Bertz CT molecular complexity index is 242. The molecule has 0 amide bonds. The molecule has 0 N–H and O–H groups in total. The molecule has 1 saturated heterocycles. The normalized spacial score (nSPS) is 22.0. The van der Waals surface area contributed by atoms with Crippen molar-refractivity contribution in [3.8, 4) is 0 Å². The Balaban J connectivity index is 2.39. The molecule has 1 heterocycles. The molecular weight excluding hydrogens is 190 g/mol. The molecule has 1 aliphatic rings. The van der Waals surface area contributed by atoms with Crippen molar-refractivity contribution in [3.63, 3.8) is 0 Å². The maximum atomic E-state index is 11.1. The Labute approximate surface area is 80.0 Å². The van der Waals surface area contributed by atoms with Gasteiger partial charge < -0.3 is 4.90 Å². The van der Waals surface area contributed by atoms with Crippen molar-refractivity contribution in [2.75, 3.05) is 33.0 Å². The zero-order valence-corrected chi connectivity index (χ0v) is 9.01. The van der Waals surface area contributed by atoms with Gasteiger partial charge in [0.1, 0.15) is 0 Å². The predicted molar refractivity (Wildman–Crippen MR) is 51.0 cm³/mol. The molecule has 13 heavy (non-hydrogen) atoms. The second-order valence-electron chi connectivity index (χ2n) is 3.64. The summed E-state index contributed by atoms with van der Waals surface area (Å²) >= 11 is 0. The summed E-state index contributed by atoms with van der Waals surface area (Å²) < 4.78 is 26.7. The number of likely N-dealkylation sites (tertiary alicyclic amines) is 1. The summed E-state index contributed by atoms with van der Waals surface area (Å²) in [5, 5.41) is 0. The van der Waals surface area contributed by atoms with Gasteiger partial charge in [-0.25, -0.2) is 0 Å². The van der Waals surface area contributed by atoms with E-state index in [4.69, 9.17) is 0 Å². The fraction of sp³-hybridized carbons (Fsp3) is 1.00. The molecule has 1 rings (SSSR count). The van der Waals surface area contributed by atoms with Crippen LogP contribution in [-0.2, 0) is 14.3 Å². The number of piperidine rings is 1. The molecule has 0 spiro atoms. The van der Waals surface area contributed by atoms with E-state index in [9.17, 15) is 8.42 Å². The minimum absolute atomic E-state index is 0.178. The minimum atomic E-state index is -3.26. The molecule has 0 unspecified atom stereocenters. The molecule has 0 aromatic heterocycles. The van der Waals surface area contributed by atoms with Crippen molar-refractivity contribution in [1.29, 1.82) is 0 Å². The van der Waals surface area contributed by atoms with Crippen LogP contribution in [0, 0.1) is 5.92 Å². The van der Waals surface area contributed by atoms with Crippen LogP contribution in [0.1, 0.15) is 12.8 Å². The highest BCUT2D eigenvalue weighted by molar-refractivity contribution is 7.86. The Morgan fingerprint density at radius 2 is 1.92 bits per heavy atom. The Morgan fingerprint density at radius 3 is 2.38 bits per heavy atom. The molecule has 0 aromatic rings. The largest absolute Gasteiger partial charge is 0.306 e. The first-order valence-corrected chi connectivity index (χ1v) is 6.08. The average molecular weight is 207 g/mol. The third-order valence-electron chi connectivity index (χ3n) is 2.53. The van der Waals surface area contributed by atoms with Crippen molar-refractivity contribution in [1.82, 2.24) is 4.90 Å². The number of hydrogen-bond acceptors (Lipinski definition) is 4. The maximum Gasteiger partial charge on any atom is 0.267 e. The summed E-state index contributed by atoms with van der Waals surface area (Å²) in [4.78, 5) is 2.22. The van der Waals surface area contributed by atoms with Gasteiger partial charge in [0.2, 0.25) is 0 Å². The first-order chi connectivity index (χ1) is 6.03. The predicted octanol–water partition coefficient (Wildman–Crippen LogP) is 0.304. The highest BCUT2D eigenvalue weighted by Crippen LogP contribution is 2.18. The number of nitrogens with zero attached hydrogens (tertiary/aromatic N) is 1. The van der Waals surface area contributed by atoms with Gasteiger partial charge in [-0.1, -0.05) is 0 Å². The minimum Gasteiger partial charge on any atom is -0.306 e. The van der Waals surface area contributed by atoms with Gasteiger partial charge in [0.05, 0.1) is 12.9 Å². The van der Waals surface area contributed by atoms with Crippen LogP contribution in [0.25, 0.3) is 0 Å². The molecule has 0 saturated carbocycles. The van der Waals surface area contributed by atoms with Gasteiger partial charge >= 0.3 is 0 Å². The van der Waals surface area contributed by atoms with Crippen molar-refractivity contribution in [3.05, 3.63) is 0 Å². The van der Waals surface area contributed by atoms with E-state index < -0.39 is 10.1 Å². The second kappa shape index (κ2) is 4.39. The first kappa shape index (κ1) is 10.9. The van der Waals surface area contributed by atoms with Crippen LogP contribution in [-0.4, -0.2) is 46.3 Å². The van der Waals surface area contributed by atoms with Gasteiger partial charge in [-0.2, -0.15) is 8.42 Å². The summed E-state index contributed by atoms with van der Waals surface area (Å²) in [5.41, 5.74) is 0. The Morgan fingerprint density at radius 1 is 1.38 bits per heavy atom. The molecule has 0 aliphatic carbocycles. The molecule has 5 heteroatoms. The average Bonchev–Trinajstić information content (AvgIpc) is 2.09. The van der Waals surface area contributed by atoms with E-state index in [0.29, 0.717) is 0 Å². The second-order valence-corrected chi connectivity index (χ2v) is 5.42. The van der Waals surface area contributed by atoms with Gasteiger partial charge in [0, 0.05) is 0 Å². The molecule has 1 aliphatic heterocycles. The maximum absolute atomic E-state index is 11.1. The van der Waals surface area contributed by atoms with Crippen molar-refractivity contribution in [2.45, 2.75) is 12.8 Å². The molecule has 1 fully saturated rings. The lowest BCUT2D eigenvalue weighted by Crippen LogP contribution is -2.33. The summed E-state index contributed by atoms with van der Waals surface area (Å²) in [5.74, 6) is 0.457. The summed E-state index contributed by atoms with van der Waals surface area (Å²) in [7, 11) is 0.0279. The van der Waals surface area contributed by atoms with Crippen LogP contribution >= 0.6 is 0 Å². The lowest BCUT2D eigenvalue weighted by molar-refractivity contribution is 0.228. The first-order valence-electron chi connectivity index (χ1n) is 4.50. The molecule has 0 atom stereocenters. The summed E-state index contributed by atoms with van der Waals surface area (Å²) in [6, 6.07) is 0. The zero-order valence-electron chi connectivity index (χ0n) is 8.19. The van der Waals surface area contributed by atoms with Gasteiger partial charge in [0.15, 0.2) is 0 Å². The van der Waals surface area contributed by atoms with Crippen LogP contribution in [0.2, 0.25) is 0 Å². The van der Waals surface area contributed by atoms with Crippen molar-refractivity contribution < 1.29 is 12.6 Å². The molecule has 0 aromatic carbocycles. The Hall–Kier alpha value is -0.130. The van der Waals surface area contributed by atoms with Crippen LogP contribution in [0.3, 0.4) is 0 Å². The van der Waals surface area contributed by atoms with E-state index in [1.165, 1.54) is 7.11 Å². The van der Waals surface area contributed by atoms with Crippen molar-refractivity contribution >= 4 is 10.1 Å². The van der Waals surface area contributed by atoms with E-state index in [-0.39, 0.29) is 11.7 Å². The highest BCUT2D eigenvalue weighted by Gasteiger charge is 2.22. The lowest BCUT2D eigenvalue weighted by Gasteiger charge is -2.28. The zero-order chi connectivity index (χ0) is 9.90. The molecule has 0 bridgehead atoms. The SMILES string of the molecule is COS(=O)(=O)CC1CCN(C)CC1. The van der Waals surface area contributed by atoms with E-state index >= 15 is 0 Å². The fourth-order valence-corrected chi connectivity index (χ4v) is 2.63. The van der Waals surface area contributed by atoms with Crippen LogP contribution < -0.4 is 0 Å². The summed E-state index contributed by atoms with van der Waals surface area (Å²) in [6.45, 7) is 1.98. The highest BCUT2D eigenvalue weighted by atomic mass is 32.2. The monoisotopic (exact) mass is 207 g/mol. The van der Waals surface area contributed by atoms with E-state index in [2.05, 4.69) is 16.1 Å².